The molecule has 44 heavy (non-hydrogen) atoms. The Labute approximate surface area is 263 Å². The molecule has 0 fully saturated rings. The lowest BCUT2D eigenvalue weighted by Crippen LogP contribution is -2.37. The molecule has 0 spiro atoms. The van der Waals surface area contributed by atoms with Gasteiger partial charge in [-0.2, -0.15) is 0 Å². The van der Waals surface area contributed by atoms with Gasteiger partial charge in [-0.15, -0.1) is 0 Å². The lowest BCUT2D eigenvalue weighted by molar-refractivity contribution is 0.0974. The van der Waals surface area contributed by atoms with E-state index in [0.717, 1.165) is 52.1 Å². The highest BCUT2D eigenvalue weighted by atomic mass is 32.2. The number of nitrogens with one attached hydrogen (secondary N) is 2. The molecule has 0 amide bonds. The molecule has 1 aliphatic rings. The van der Waals surface area contributed by atoms with E-state index in [1.807, 2.05) is 0 Å². The summed E-state index contributed by atoms with van der Waals surface area (Å²) in [6.07, 6.45) is 2.79. The SMILES string of the molecule is CCN(CC)CCCC(C)NS(=O)(=O)c1cccc2c1C(=O)c1cccc(S(=O)(=O)NC(C)CCCN(CC)CC)c1C2=O. The number of sulfonamides is 2. The average molecular weight is 649 g/mol. The van der Waals surface area contributed by atoms with E-state index in [0.29, 0.717) is 12.8 Å². The Balaban J connectivity index is 1.86. The number of benzene rings is 2. The summed E-state index contributed by atoms with van der Waals surface area (Å²) in [6.45, 7) is 17.2. The van der Waals surface area contributed by atoms with Crippen molar-refractivity contribution in [1.82, 2.24) is 19.2 Å². The van der Waals surface area contributed by atoms with Crippen LogP contribution in [0, 0.1) is 0 Å². The van der Waals surface area contributed by atoms with Crippen LogP contribution in [-0.2, 0) is 20.0 Å². The highest BCUT2D eigenvalue weighted by Crippen LogP contribution is 2.35. The first-order valence-electron chi connectivity index (χ1n) is 15.7. The van der Waals surface area contributed by atoms with Gasteiger partial charge in [0.1, 0.15) is 0 Å². The fourth-order valence-corrected chi connectivity index (χ4v) is 8.73. The molecule has 2 aromatic carbocycles. The molecule has 2 N–H and O–H groups in total. The summed E-state index contributed by atoms with van der Waals surface area (Å²) in [5, 5.41) is 0. The number of hydrogen-bond acceptors (Lipinski definition) is 8. The van der Waals surface area contributed by atoms with E-state index in [4.69, 9.17) is 0 Å². The van der Waals surface area contributed by atoms with E-state index in [1.165, 1.54) is 36.4 Å². The van der Waals surface area contributed by atoms with Crippen LogP contribution in [0.15, 0.2) is 46.2 Å². The molecule has 2 unspecified atom stereocenters. The molecule has 244 valence electrons. The highest BCUT2D eigenvalue weighted by Gasteiger charge is 2.38. The predicted molar refractivity (Wildman–Crippen MR) is 173 cm³/mol. The zero-order valence-electron chi connectivity index (χ0n) is 26.9. The Morgan fingerprint density at radius 2 is 0.955 bits per heavy atom. The predicted octanol–water partition coefficient (Wildman–Crippen LogP) is 4.04. The van der Waals surface area contributed by atoms with Crippen LogP contribution in [-0.4, -0.2) is 89.6 Å². The molecule has 2 aromatic rings. The van der Waals surface area contributed by atoms with E-state index in [1.54, 1.807) is 13.8 Å². The van der Waals surface area contributed by atoms with Crippen molar-refractivity contribution in [3.8, 4) is 0 Å². The number of ketones is 2. The molecule has 0 saturated heterocycles. The van der Waals surface area contributed by atoms with Crippen LogP contribution in [0.2, 0.25) is 0 Å². The van der Waals surface area contributed by atoms with Crippen LogP contribution in [0.5, 0.6) is 0 Å². The van der Waals surface area contributed by atoms with Gasteiger partial charge in [0, 0.05) is 23.2 Å². The van der Waals surface area contributed by atoms with E-state index in [-0.39, 0.29) is 32.0 Å². The molecule has 0 aliphatic heterocycles. The second kappa shape index (κ2) is 15.7. The Bertz CT molecular complexity index is 1420. The maximum absolute atomic E-state index is 13.8. The van der Waals surface area contributed by atoms with Gasteiger partial charge in [0.25, 0.3) is 0 Å². The minimum Gasteiger partial charge on any atom is -0.304 e. The topological polar surface area (TPSA) is 133 Å². The molecule has 0 heterocycles. The third-order valence-corrected chi connectivity index (χ3v) is 11.6. The fourth-order valence-electron chi connectivity index (χ4n) is 5.72. The lowest BCUT2D eigenvalue weighted by Gasteiger charge is -2.24. The summed E-state index contributed by atoms with van der Waals surface area (Å²) in [4.78, 5) is 31.6. The van der Waals surface area contributed by atoms with Crippen molar-refractivity contribution in [3.05, 3.63) is 58.7 Å². The first kappa shape index (κ1) is 36.0. The smallest absolute Gasteiger partial charge is 0.241 e. The van der Waals surface area contributed by atoms with Crippen LogP contribution < -0.4 is 9.44 Å². The second-order valence-corrected chi connectivity index (χ2v) is 14.8. The Kier molecular flexibility index (Phi) is 12.8. The quantitative estimate of drug-likeness (QED) is 0.211. The molecular formula is C32H48N4O6S2. The van der Waals surface area contributed by atoms with E-state index in [2.05, 4.69) is 46.9 Å². The summed E-state index contributed by atoms with van der Waals surface area (Å²) in [5.41, 5.74) is -0.732. The lowest BCUT2D eigenvalue weighted by atomic mass is 9.84. The van der Waals surface area contributed by atoms with Gasteiger partial charge in [0.05, 0.1) is 20.9 Å². The van der Waals surface area contributed by atoms with Gasteiger partial charge in [0.2, 0.25) is 20.0 Å². The first-order chi connectivity index (χ1) is 20.8. The maximum Gasteiger partial charge on any atom is 0.241 e. The van der Waals surface area contributed by atoms with Crippen molar-refractivity contribution in [2.45, 2.75) is 89.1 Å². The van der Waals surface area contributed by atoms with Crippen LogP contribution >= 0.6 is 0 Å². The van der Waals surface area contributed by atoms with Crippen molar-refractivity contribution < 1.29 is 26.4 Å². The number of nitrogens with zero attached hydrogens (tertiary/aromatic N) is 2. The molecular weight excluding hydrogens is 601 g/mol. The van der Waals surface area contributed by atoms with Crippen molar-refractivity contribution in [3.63, 3.8) is 0 Å². The fraction of sp³-hybridized carbons (Fsp3) is 0.562. The van der Waals surface area contributed by atoms with E-state index in [9.17, 15) is 26.4 Å². The van der Waals surface area contributed by atoms with Crippen molar-refractivity contribution in [2.75, 3.05) is 39.3 Å². The van der Waals surface area contributed by atoms with Crippen molar-refractivity contribution >= 4 is 31.6 Å². The monoisotopic (exact) mass is 648 g/mol. The minimum absolute atomic E-state index is 0.130. The number of hydrogen-bond donors (Lipinski definition) is 2. The molecule has 0 aromatic heterocycles. The van der Waals surface area contributed by atoms with Crippen LogP contribution in [0.1, 0.15) is 99.1 Å². The van der Waals surface area contributed by atoms with Gasteiger partial charge in [-0.1, -0.05) is 52.0 Å². The maximum atomic E-state index is 13.8. The molecule has 10 nitrogen and oxygen atoms in total. The van der Waals surface area contributed by atoms with Crippen molar-refractivity contribution in [1.29, 1.82) is 0 Å². The molecule has 2 atom stereocenters. The average Bonchev–Trinajstić information content (AvgIpc) is 2.99. The molecule has 12 heteroatoms. The molecule has 1 aliphatic carbocycles. The van der Waals surface area contributed by atoms with Gasteiger partial charge in [0.15, 0.2) is 11.6 Å². The largest absolute Gasteiger partial charge is 0.304 e. The highest BCUT2D eigenvalue weighted by molar-refractivity contribution is 7.90. The summed E-state index contributed by atoms with van der Waals surface area (Å²) in [5.74, 6) is -1.40. The third kappa shape index (κ3) is 8.41. The zero-order valence-corrected chi connectivity index (χ0v) is 28.5. The summed E-state index contributed by atoms with van der Waals surface area (Å²) < 4.78 is 59.4. The van der Waals surface area contributed by atoms with Crippen LogP contribution in [0.25, 0.3) is 0 Å². The summed E-state index contributed by atoms with van der Waals surface area (Å²) in [6, 6.07) is 7.37. The first-order valence-corrected chi connectivity index (χ1v) is 18.6. The summed E-state index contributed by atoms with van der Waals surface area (Å²) >= 11 is 0. The Hall–Kier alpha value is -2.48. The summed E-state index contributed by atoms with van der Waals surface area (Å²) in [7, 11) is -8.33. The van der Waals surface area contributed by atoms with Crippen LogP contribution in [0.4, 0.5) is 0 Å². The third-order valence-electron chi connectivity index (χ3n) is 8.30. The zero-order chi connectivity index (χ0) is 32.7. The molecule has 3 rings (SSSR count). The molecule has 0 bridgehead atoms. The van der Waals surface area contributed by atoms with Gasteiger partial charge in [-0.3, -0.25) is 9.59 Å². The normalized spacial score (nSPS) is 15.0. The van der Waals surface area contributed by atoms with Crippen molar-refractivity contribution in [2.24, 2.45) is 0 Å². The van der Waals surface area contributed by atoms with Gasteiger partial charge in [-0.05, 0) is 90.9 Å². The van der Waals surface area contributed by atoms with E-state index >= 15 is 0 Å². The van der Waals surface area contributed by atoms with E-state index < -0.39 is 43.7 Å². The number of carbonyl (C=O) groups is 2. The second-order valence-electron chi connectivity index (χ2n) is 11.4. The minimum atomic E-state index is -4.17. The van der Waals surface area contributed by atoms with Gasteiger partial charge >= 0.3 is 0 Å². The molecule has 0 saturated carbocycles. The number of fused-ring (bicyclic) bond motifs is 2. The Morgan fingerprint density at radius 1 is 0.614 bits per heavy atom. The standard InChI is InChI=1S/C32H48N4O6S2/c1-7-35(8-2)21-13-15-23(5)33-43(39,40)27-19-11-17-25-29(27)31(37)26-18-12-20-28(30(26)32(25)38)44(41,42)34-24(6)16-14-22-36(9-3)10-4/h11-12,17-20,23-24,33-34H,7-10,13-16,21-22H2,1-6H3. The Morgan fingerprint density at radius 3 is 1.27 bits per heavy atom. The number of carbonyl (C=O) groups excluding carboxylic acids is 2. The van der Waals surface area contributed by atoms with Gasteiger partial charge in [-0.25, -0.2) is 26.3 Å². The number of rotatable bonds is 18. The van der Waals surface area contributed by atoms with Gasteiger partial charge < -0.3 is 9.80 Å². The van der Waals surface area contributed by atoms with Crippen LogP contribution in [0.3, 0.4) is 0 Å². The molecule has 0 radical (unpaired) electrons.